The lowest BCUT2D eigenvalue weighted by atomic mass is 10.0. The van der Waals surface area contributed by atoms with Crippen LogP contribution in [0.25, 0.3) is 0 Å². The summed E-state index contributed by atoms with van der Waals surface area (Å²) >= 11 is 5.98. The Hall–Kier alpha value is -2.34. The van der Waals surface area contributed by atoms with Crippen LogP contribution in [-0.4, -0.2) is 30.2 Å². The van der Waals surface area contributed by atoms with Gasteiger partial charge in [0.25, 0.3) is 0 Å². The fraction of sp³-hybridized carbons (Fsp3) is 0.450. The second-order valence-electron chi connectivity index (χ2n) is 6.24. The van der Waals surface area contributed by atoms with Gasteiger partial charge in [-0.1, -0.05) is 62.9 Å². The molecule has 0 aromatic heterocycles. The minimum Gasteiger partial charge on any atom is -0.484 e. The molecule has 0 aliphatic rings. The number of ether oxygens (including phenoxy) is 1. The average Bonchev–Trinajstić information content (AvgIpc) is 2.64. The van der Waals surface area contributed by atoms with Crippen molar-refractivity contribution in [3.05, 3.63) is 41.4 Å². The molecule has 1 rings (SSSR count). The molecule has 0 aliphatic carbocycles. The first-order chi connectivity index (χ1) is 12.9. The second-order valence-corrected chi connectivity index (χ2v) is 6.65. The highest BCUT2D eigenvalue weighted by molar-refractivity contribution is 6.32. The standard InChI is InChI=1S/C20H27ClN2O4/c1-3-4-5-6-7-12-18(25)23-19(14(2)20(22)26)16(24)13-27-17-11-9-8-10-15(17)21/h8-11,19H,2-7,12-13H2,1H3,(H2,22,26)(H,23,25)/t19-/m1/s1. The van der Waals surface area contributed by atoms with Gasteiger partial charge in [0.1, 0.15) is 18.4 Å². The van der Waals surface area contributed by atoms with E-state index < -0.39 is 17.7 Å². The molecule has 0 saturated carbocycles. The van der Waals surface area contributed by atoms with Crippen LogP contribution in [0.3, 0.4) is 0 Å². The van der Waals surface area contributed by atoms with Crippen LogP contribution < -0.4 is 15.8 Å². The molecule has 1 aromatic rings. The molecular weight excluding hydrogens is 368 g/mol. The van der Waals surface area contributed by atoms with Crippen LogP contribution in [0.1, 0.15) is 45.4 Å². The van der Waals surface area contributed by atoms with Gasteiger partial charge < -0.3 is 15.8 Å². The summed E-state index contributed by atoms with van der Waals surface area (Å²) in [6.45, 7) is 5.27. The van der Waals surface area contributed by atoms with E-state index in [0.29, 0.717) is 17.2 Å². The lowest BCUT2D eigenvalue weighted by molar-refractivity contribution is -0.129. The van der Waals surface area contributed by atoms with E-state index in [9.17, 15) is 14.4 Å². The molecule has 1 atom stereocenters. The number of ketones is 1. The van der Waals surface area contributed by atoms with E-state index in [1.54, 1.807) is 24.3 Å². The molecule has 0 radical (unpaired) electrons. The number of hydrogen-bond acceptors (Lipinski definition) is 4. The maximum Gasteiger partial charge on any atom is 0.246 e. The molecule has 0 spiro atoms. The van der Waals surface area contributed by atoms with Gasteiger partial charge in [-0.3, -0.25) is 14.4 Å². The van der Waals surface area contributed by atoms with Crippen molar-refractivity contribution in [2.45, 2.75) is 51.5 Å². The van der Waals surface area contributed by atoms with Gasteiger partial charge in [0.2, 0.25) is 11.8 Å². The van der Waals surface area contributed by atoms with Gasteiger partial charge in [-0.2, -0.15) is 0 Å². The molecule has 27 heavy (non-hydrogen) atoms. The molecule has 0 saturated heterocycles. The molecule has 7 heteroatoms. The van der Waals surface area contributed by atoms with Crippen molar-refractivity contribution in [1.29, 1.82) is 0 Å². The van der Waals surface area contributed by atoms with Crippen LogP contribution in [0.5, 0.6) is 5.75 Å². The Labute approximate surface area is 165 Å². The fourth-order valence-electron chi connectivity index (χ4n) is 2.42. The average molecular weight is 395 g/mol. The van der Waals surface area contributed by atoms with Crippen LogP contribution >= 0.6 is 11.6 Å². The van der Waals surface area contributed by atoms with Crippen LogP contribution in [0.2, 0.25) is 5.02 Å². The summed E-state index contributed by atoms with van der Waals surface area (Å²) in [4.78, 5) is 36.0. The number of para-hydroxylation sites is 1. The first-order valence-corrected chi connectivity index (χ1v) is 9.42. The second kappa shape index (κ2) is 12.1. The van der Waals surface area contributed by atoms with E-state index in [1.807, 2.05) is 0 Å². The zero-order chi connectivity index (χ0) is 20.2. The SMILES string of the molecule is C=C(C(N)=O)[C@@H](NC(=O)CCCCCCC)C(=O)COc1ccccc1Cl. The molecule has 3 N–H and O–H groups in total. The topological polar surface area (TPSA) is 98.5 Å². The molecule has 2 amide bonds. The Morgan fingerprint density at radius 1 is 1.19 bits per heavy atom. The van der Waals surface area contributed by atoms with Crippen molar-refractivity contribution >= 4 is 29.2 Å². The molecule has 0 bridgehead atoms. The fourth-order valence-corrected chi connectivity index (χ4v) is 2.61. The maximum atomic E-state index is 12.5. The number of nitrogens with two attached hydrogens (primary N) is 1. The van der Waals surface area contributed by atoms with Crippen LogP contribution in [-0.2, 0) is 14.4 Å². The summed E-state index contributed by atoms with van der Waals surface area (Å²) in [5, 5.41) is 2.89. The van der Waals surface area contributed by atoms with Crippen molar-refractivity contribution in [2.24, 2.45) is 5.73 Å². The quantitative estimate of drug-likeness (QED) is 0.396. The zero-order valence-corrected chi connectivity index (χ0v) is 16.4. The van der Waals surface area contributed by atoms with Gasteiger partial charge in [0.15, 0.2) is 5.78 Å². The third-order valence-electron chi connectivity index (χ3n) is 4.01. The van der Waals surface area contributed by atoms with Crippen LogP contribution in [0.4, 0.5) is 0 Å². The minimum atomic E-state index is -1.21. The lowest BCUT2D eigenvalue weighted by Crippen LogP contribution is -2.46. The van der Waals surface area contributed by atoms with Crippen molar-refractivity contribution in [2.75, 3.05) is 6.61 Å². The number of nitrogens with one attached hydrogen (secondary N) is 1. The summed E-state index contributed by atoms with van der Waals surface area (Å²) < 4.78 is 5.39. The van der Waals surface area contributed by atoms with Gasteiger partial charge in [0.05, 0.1) is 5.02 Å². The van der Waals surface area contributed by atoms with E-state index in [0.717, 1.165) is 25.7 Å². The van der Waals surface area contributed by atoms with Crippen LogP contribution in [0.15, 0.2) is 36.4 Å². The number of hydrogen-bond donors (Lipinski definition) is 2. The van der Waals surface area contributed by atoms with Gasteiger partial charge in [-0.15, -0.1) is 0 Å². The van der Waals surface area contributed by atoms with Crippen LogP contribution in [0, 0.1) is 0 Å². The molecule has 0 heterocycles. The zero-order valence-electron chi connectivity index (χ0n) is 15.6. The molecular formula is C20H27ClN2O4. The van der Waals surface area contributed by atoms with Crippen molar-refractivity contribution in [3.63, 3.8) is 0 Å². The Morgan fingerprint density at radius 2 is 1.85 bits per heavy atom. The number of carbonyl (C=O) groups excluding carboxylic acids is 3. The number of unbranched alkanes of at least 4 members (excludes halogenated alkanes) is 4. The van der Waals surface area contributed by atoms with Crippen molar-refractivity contribution < 1.29 is 19.1 Å². The van der Waals surface area contributed by atoms with Gasteiger partial charge in [-0.25, -0.2) is 0 Å². The number of benzene rings is 1. The summed E-state index contributed by atoms with van der Waals surface area (Å²) in [5.41, 5.74) is 5.05. The van der Waals surface area contributed by atoms with Crippen molar-refractivity contribution in [3.8, 4) is 5.75 Å². The summed E-state index contributed by atoms with van der Waals surface area (Å²) in [6.07, 6.45) is 5.22. The molecule has 1 aromatic carbocycles. The van der Waals surface area contributed by atoms with E-state index >= 15 is 0 Å². The predicted octanol–water partition coefficient (Wildman–Crippen LogP) is 3.17. The third kappa shape index (κ3) is 8.26. The van der Waals surface area contributed by atoms with E-state index in [-0.39, 0.29) is 24.5 Å². The molecule has 6 nitrogen and oxygen atoms in total. The summed E-state index contributed by atoms with van der Waals surface area (Å²) in [7, 11) is 0. The molecule has 148 valence electrons. The van der Waals surface area contributed by atoms with Gasteiger partial charge in [0, 0.05) is 12.0 Å². The van der Waals surface area contributed by atoms with Gasteiger partial charge in [-0.05, 0) is 18.6 Å². The highest BCUT2D eigenvalue weighted by Crippen LogP contribution is 2.23. The minimum absolute atomic E-state index is 0.179. The predicted molar refractivity (Wildman–Crippen MR) is 106 cm³/mol. The first-order valence-electron chi connectivity index (χ1n) is 9.04. The summed E-state index contributed by atoms with van der Waals surface area (Å²) in [5.74, 6) is -1.38. The Morgan fingerprint density at radius 3 is 2.48 bits per heavy atom. The number of amides is 2. The monoisotopic (exact) mass is 394 g/mol. The number of Topliss-reactive ketones (excluding diaryl/α,β-unsaturated/α-hetero) is 1. The number of primary amides is 1. The maximum absolute atomic E-state index is 12.5. The third-order valence-corrected chi connectivity index (χ3v) is 4.32. The Bertz CT molecular complexity index is 676. The highest BCUT2D eigenvalue weighted by Gasteiger charge is 2.27. The Kier molecular flexibility index (Phi) is 10.2. The van der Waals surface area contributed by atoms with Crippen molar-refractivity contribution in [1.82, 2.24) is 5.32 Å². The molecule has 0 aliphatic heterocycles. The van der Waals surface area contributed by atoms with E-state index in [4.69, 9.17) is 22.1 Å². The Balaban J connectivity index is 2.63. The number of halogens is 1. The first kappa shape index (κ1) is 22.7. The molecule has 0 unspecified atom stereocenters. The number of rotatable bonds is 13. The van der Waals surface area contributed by atoms with E-state index in [2.05, 4.69) is 18.8 Å². The largest absolute Gasteiger partial charge is 0.484 e. The van der Waals surface area contributed by atoms with Gasteiger partial charge >= 0.3 is 0 Å². The number of carbonyl (C=O) groups is 3. The normalized spacial score (nSPS) is 11.5. The summed E-state index contributed by atoms with van der Waals surface area (Å²) in [6, 6.07) is 5.47. The lowest BCUT2D eigenvalue weighted by Gasteiger charge is -2.19. The van der Waals surface area contributed by atoms with E-state index in [1.165, 1.54) is 0 Å². The highest BCUT2D eigenvalue weighted by atomic mass is 35.5. The smallest absolute Gasteiger partial charge is 0.246 e. The molecule has 0 fully saturated rings.